The second kappa shape index (κ2) is 8.42. The molecule has 0 saturated carbocycles. The van der Waals surface area contributed by atoms with Crippen LogP contribution < -0.4 is 5.32 Å². The number of aromatic nitrogens is 1. The highest BCUT2D eigenvalue weighted by atomic mass is 35.5. The molecule has 2 rings (SSSR count). The lowest BCUT2D eigenvalue weighted by Gasteiger charge is -2.12. The summed E-state index contributed by atoms with van der Waals surface area (Å²) in [6, 6.07) is 14.0. The third kappa shape index (κ3) is 5.06. The Morgan fingerprint density at radius 3 is 2.91 bits per heavy atom. The number of nitriles is 1. The number of rotatable bonds is 6. The van der Waals surface area contributed by atoms with Crippen molar-refractivity contribution < 1.29 is 4.79 Å². The molecule has 6 heteroatoms. The van der Waals surface area contributed by atoms with Gasteiger partial charge in [-0.25, -0.2) is 4.98 Å². The van der Waals surface area contributed by atoms with Gasteiger partial charge in [0.1, 0.15) is 6.04 Å². The lowest BCUT2D eigenvalue weighted by molar-refractivity contribution is -0.121. The van der Waals surface area contributed by atoms with Crippen LogP contribution in [0.15, 0.2) is 53.7 Å². The van der Waals surface area contributed by atoms with Crippen molar-refractivity contribution in [1.29, 1.82) is 5.26 Å². The van der Waals surface area contributed by atoms with Gasteiger partial charge in [0.15, 0.2) is 0 Å². The lowest BCUT2D eigenvalue weighted by Crippen LogP contribution is -2.27. The molecule has 1 heterocycles. The van der Waals surface area contributed by atoms with Crippen LogP contribution in [0.25, 0.3) is 0 Å². The highest BCUT2D eigenvalue weighted by Crippen LogP contribution is 2.18. The molecule has 22 heavy (non-hydrogen) atoms. The van der Waals surface area contributed by atoms with Crippen molar-refractivity contribution in [1.82, 2.24) is 10.3 Å². The molecule has 0 aliphatic carbocycles. The maximum Gasteiger partial charge on any atom is 0.222 e. The van der Waals surface area contributed by atoms with E-state index < -0.39 is 6.04 Å². The normalized spacial score (nSPS) is 11.5. The molecule has 1 N–H and O–H groups in total. The van der Waals surface area contributed by atoms with Crippen molar-refractivity contribution in [2.45, 2.75) is 17.5 Å². The zero-order chi connectivity index (χ0) is 15.8. The summed E-state index contributed by atoms with van der Waals surface area (Å²) < 4.78 is 0. The number of amides is 1. The van der Waals surface area contributed by atoms with Gasteiger partial charge < -0.3 is 5.32 Å². The Hall–Kier alpha value is -2.03. The number of nitrogens with one attached hydrogen (secondary N) is 1. The number of hydrogen-bond donors (Lipinski definition) is 1. The molecule has 0 aliphatic rings. The molecule has 0 spiro atoms. The Morgan fingerprint density at radius 2 is 2.23 bits per heavy atom. The predicted octanol–water partition coefficient (Wildman–Crippen LogP) is 3.60. The largest absolute Gasteiger partial charge is 0.337 e. The topological polar surface area (TPSA) is 65.8 Å². The SMILES string of the molecule is N#C[C@H](NC(=O)CCSc1ccccn1)c1cccc(Cl)c1. The quantitative estimate of drug-likeness (QED) is 0.821. The fourth-order valence-corrected chi connectivity index (χ4v) is 2.80. The van der Waals surface area contributed by atoms with Gasteiger partial charge in [-0.2, -0.15) is 5.26 Å². The summed E-state index contributed by atoms with van der Waals surface area (Å²) in [5, 5.41) is 13.3. The van der Waals surface area contributed by atoms with E-state index in [1.54, 1.807) is 30.5 Å². The van der Waals surface area contributed by atoms with E-state index in [-0.39, 0.29) is 5.91 Å². The Balaban J connectivity index is 1.84. The third-order valence-corrected chi connectivity index (χ3v) is 4.01. The van der Waals surface area contributed by atoms with Gasteiger partial charge in [0.25, 0.3) is 0 Å². The molecule has 1 aromatic heterocycles. The standard InChI is InChI=1S/C16H14ClN3OS/c17-13-5-3-4-12(10-13)14(11-18)20-15(21)7-9-22-16-6-1-2-8-19-16/h1-6,8,10,14H,7,9H2,(H,20,21)/t14-/m0/s1. The van der Waals surface area contributed by atoms with Gasteiger partial charge in [-0.15, -0.1) is 11.8 Å². The van der Waals surface area contributed by atoms with Gasteiger partial charge in [-0.05, 0) is 29.8 Å². The fraction of sp³-hybridized carbons (Fsp3) is 0.188. The van der Waals surface area contributed by atoms with Crippen LogP contribution in [0.1, 0.15) is 18.0 Å². The maximum atomic E-state index is 11.9. The van der Waals surface area contributed by atoms with Crippen LogP contribution in [-0.4, -0.2) is 16.6 Å². The number of thioether (sulfide) groups is 1. The Kier molecular flexibility index (Phi) is 6.26. The minimum atomic E-state index is -0.689. The summed E-state index contributed by atoms with van der Waals surface area (Å²) in [6.07, 6.45) is 2.03. The van der Waals surface area contributed by atoms with Crippen LogP contribution >= 0.6 is 23.4 Å². The van der Waals surface area contributed by atoms with Crippen molar-refractivity contribution in [2.75, 3.05) is 5.75 Å². The van der Waals surface area contributed by atoms with Crippen LogP contribution in [0.3, 0.4) is 0 Å². The second-order valence-electron chi connectivity index (χ2n) is 4.45. The molecular formula is C16H14ClN3OS. The molecule has 1 amide bonds. The second-order valence-corrected chi connectivity index (χ2v) is 6.00. The smallest absolute Gasteiger partial charge is 0.222 e. The molecule has 0 bridgehead atoms. The third-order valence-electron chi connectivity index (χ3n) is 2.83. The first-order chi connectivity index (χ1) is 10.7. The van der Waals surface area contributed by atoms with E-state index in [2.05, 4.69) is 16.4 Å². The molecule has 1 atom stereocenters. The van der Waals surface area contributed by atoms with Gasteiger partial charge in [-0.3, -0.25) is 4.79 Å². The molecule has 112 valence electrons. The van der Waals surface area contributed by atoms with E-state index in [9.17, 15) is 10.1 Å². The molecule has 2 aromatic rings. The van der Waals surface area contributed by atoms with E-state index in [0.717, 1.165) is 5.03 Å². The minimum Gasteiger partial charge on any atom is -0.337 e. The Morgan fingerprint density at radius 1 is 1.36 bits per heavy atom. The zero-order valence-corrected chi connectivity index (χ0v) is 13.3. The highest BCUT2D eigenvalue weighted by Gasteiger charge is 2.14. The number of carbonyl (C=O) groups is 1. The minimum absolute atomic E-state index is 0.171. The average Bonchev–Trinajstić information content (AvgIpc) is 2.53. The van der Waals surface area contributed by atoms with Crippen molar-refractivity contribution >= 4 is 29.3 Å². The highest BCUT2D eigenvalue weighted by molar-refractivity contribution is 7.99. The lowest BCUT2D eigenvalue weighted by atomic mass is 10.1. The first-order valence-electron chi connectivity index (χ1n) is 6.67. The number of nitrogens with zero attached hydrogens (tertiary/aromatic N) is 2. The predicted molar refractivity (Wildman–Crippen MR) is 87.5 cm³/mol. The van der Waals surface area contributed by atoms with E-state index in [0.29, 0.717) is 22.8 Å². The van der Waals surface area contributed by atoms with Crippen LogP contribution in [0.5, 0.6) is 0 Å². The van der Waals surface area contributed by atoms with Crippen LogP contribution in [-0.2, 0) is 4.79 Å². The maximum absolute atomic E-state index is 11.9. The van der Waals surface area contributed by atoms with E-state index >= 15 is 0 Å². The summed E-state index contributed by atoms with van der Waals surface area (Å²) in [5.74, 6) is 0.436. The average molecular weight is 332 g/mol. The number of pyridine rings is 1. The van der Waals surface area contributed by atoms with Gasteiger partial charge in [0, 0.05) is 23.4 Å². The summed E-state index contributed by atoms with van der Waals surface area (Å²) in [4.78, 5) is 16.1. The van der Waals surface area contributed by atoms with Crippen molar-refractivity contribution in [2.24, 2.45) is 0 Å². The fourth-order valence-electron chi connectivity index (χ4n) is 1.79. The molecule has 4 nitrogen and oxygen atoms in total. The molecule has 0 fully saturated rings. The number of halogens is 1. The molecule has 0 saturated heterocycles. The summed E-state index contributed by atoms with van der Waals surface area (Å²) in [5.41, 5.74) is 0.681. The molecule has 0 aliphatic heterocycles. The summed E-state index contributed by atoms with van der Waals surface area (Å²) in [7, 11) is 0. The first-order valence-corrected chi connectivity index (χ1v) is 8.03. The van der Waals surface area contributed by atoms with Gasteiger partial charge >= 0.3 is 0 Å². The number of carbonyl (C=O) groups excluding carboxylic acids is 1. The first kappa shape index (κ1) is 16.3. The van der Waals surface area contributed by atoms with Crippen molar-refractivity contribution in [3.05, 3.63) is 59.2 Å². The van der Waals surface area contributed by atoms with Crippen molar-refractivity contribution in [3.63, 3.8) is 0 Å². The zero-order valence-electron chi connectivity index (χ0n) is 11.7. The van der Waals surface area contributed by atoms with Gasteiger partial charge in [0.2, 0.25) is 5.91 Å². The van der Waals surface area contributed by atoms with Crippen LogP contribution in [0, 0.1) is 11.3 Å². The Labute approximate surface area is 138 Å². The van der Waals surface area contributed by atoms with E-state index in [4.69, 9.17) is 11.6 Å². The number of hydrogen-bond acceptors (Lipinski definition) is 4. The van der Waals surface area contributed by atoms with Gasteiger partial charge in [-0.1, -0.05) is 29.8 Å². The van der Waals surface area contributed by atoms with E-state index in [1.807, 2.05) is 18.2 Å². The number of benzene rings is 1. The molecule has 0 radical (unpaired) electrons. The summed E-state index contributed by atoms with van der Waals surface area (Å²) in [6.45, 7) is 0. The molecular weight excluding hydrogens is 318 g/mol. The van der Waals surface area contributed by atoms with Gasteiger partial charge in [0.05, 0.1) is 11.1 Å². The molecule has 0 unspecified atom stereocenters. The summed E-state index contributed by atoms with van der Waals surface area (Å²) >= 11 is 7.41. The van der Waals surface area contributed by atoms with E-state index in [1.165, 1.54) is 11.8 Å². The van der Waals surface area contributed by atoms with Crippen LogP contribution in [0.4, 0.5) is 0 Å². The van der Waals surface area contributed by atoms with Crippen molar-refractivity contribution in [3.8, 4) is 6.07 Å². The molecule has 1 aromatic carbocycles. The monoisotopic (exact) mass is 331 g/mol. The van der Waals surface area contributed by atoms with Crippen LogP contribution in [0.2, 0.25) is 5.02 Å². The Bertz CT molecular complexity index is 673.